The quantitative estimate of drug-likeness (QED) is 0.918. The van der Waals surface area contributed by atoms with E-state index in [9.17, 15) is 5.11 Å². The van der Waals surface area contributed by atoms with Crippen LogP contribution < -0.4 is 0 Å². The molecule has 0 aliphatic carbocycles. The molecule has 2 aromatic rings. The molecule has 1 aliphatic heterocycles. The summed E-state index contributed by atoms with van der Waals surface area (Å²) in [5.74, 6) is 0.553. The van der Waals surface area contributed by atoms with Gasteiger partial charge in [-0.3, -0.25) is 4.98 Å². The predicted octanol–water partition coefficient (Wildman–Crippen LogP) is 3.08. The van der Waals surface area contributed by atoms with Crippen LogP contribution in [0.3, 0.4) is 0 Å². The molecule has 0 radical (unpaired) electrons. The Morgan fingerprint density at radius 3 is 2.79 bits per heavy atom. The fourth-order valence-electron chi connectivity index (χ4n) is 2.69. The SMILES string of the molecule is OC(CC1CCOCC1)c1ccc2ccccc2n1. The van der Waals surface area contributed by atoms with Crippen molar-refractivity contribution in [1.29, 1.82) is 0 Å². The Labute approximate surface area is 113 Å². The van der Waals surface area contributed by atoms with Crippen LogP contribution in [0.2, 0.25) is 0 Å². The number of fused-ring (bicyclic) bond motifs is 1. The van der Waals surface area contributed by atoms with Crippen LogP contribution in [0.5, 0.6) is 0 Å². The van der Waals surface area contributed by atoms with E-state index in [1.165, 1.54) is 0 Å². The first-order valence-corrected chi connectivity index (χ1v) is 6.94. The normalized spacial score (nSPS) is 18.6. The molecule has 1 N–H and O–H groups in total. The van der Waals surface area contributed by atoms with Gasteiger partial charge in [-0.15, -0.1) is 0 Å². The maximum atomic E-state index is 10.3. The number of ether oxygens (including phenoxy) is 1. The van der Waals surface area contributed by atoms with E-state index < -0.39 is 6.10 Å². The van der Waals surface area contributed by atoms with Gasteiger partial charge in [-0.1, -0.05) is 24.3 Å². The molecule has 1 aromatic carbocycles. The third-order valence-electron chi connectivity index (χ3n) is 3.86. The monoisotopic (exact) mass is 257 g/mol. The van der Waals surface area contributed by atoms with Crippen molar-refractivity contribution in [3.05, 3.63) is 42.1 Å². The van der Waals surface area contributed by atoms with Crippen LogP contribution in [-0.2, 0) is 4.74 Å². The van der Waals surface area contributed by atoms with Crippen molar-refractivity contribution in [2.24, 2.45) is 5.92 Å². The summed E-state index contributed by atoms with van der Waals surface area (Å²) in [5.41, 5.74) is 1.73. The number of nitrogens with zero attached hydrogens (tertiary/aromatic N) is 1. The molecule has 1 atom stereocenters. The molecule has 3 rings (SSSR count). The lowest BCUT2D eigenvalue weighted by atomic mass is 9.92. The van der Waals surface area contributed by atoms with E-state index in [1.54, 1.807) is 0 Å². The molecular weight excluding hydrogens is 238 g/mol. The zero-order chi connectivity index (χ0) is 13.1. The van der Waals surface area contributed by atoms with Crippen molar-refractivity contribution in [1.82, 2.24) is 4.98 Å². The maximum absolute atomic E-state index is 10.3. The van der Waals surface area contributed by atoms with Crippen LogP contribution in [-0.4, -0.2) is 23.3 Å². The topological polar surface area (TPSA) is 42.4 Å². The fourth-order valence-corrected chi connectivity index (χ4v) is 2.69. The second-order valence-corrected chi connectivity index (χ2v) is 5.24. The van der Waals surface area contributed by atoms with E-state index in [4.69, 9.17) is 4.74 Å². The van der Waals surface area contributed by atoms with E-state index >= 15 is 0 Å². The first-order chi connectivity index (χ1) is 9.33. The molecule has 2 heterocycles. The van der Waals surface area contributed by atoms with Gasteiger partial charge in [0, 0.05) is 18.6 Å². The number of pyridine rings is 1. The molecule has 1 fully saturated rings. The summed E-state index contributed by atoms with van der Waals surface area (Å²) in [4.78, 5) is 4.56. The van der Waals surface area contributed by atoms with E-state index in [1.807, 2.05) is 36.4 Å². The number of hydrogen-bond donors (Lipinski definition) is 1. The lowest BCUT2D eigenvalue weighted by Gasteiger charge is -2.24. The molecule has 3 nitrogen and oxygen atoms in total. The summed E-state index contributed by atoms with van der Waals surface area (Å²) in [6.07, 6.45) is 2.41. The molecule has 0 saturated carbocycles. The fraction of sp³-hybridized carbons (Fsp3) is 0.438. The molecular formula is C16H19NO2. The van der Waals surface area contributed by atoms with Gasteiger partial charge in [0.2, 0.25) is 0 Å². The Bertz CT molecular complexity index is 549. The van der Waals surface area contributed by atoms with Crippen molar-refractivity contribution in [3.63, 3.8) is 0 Å². The summed E-state index contributed by atoms with van der Waals surface area (Å²) in [7, 11) is 0. The van der Waals surface area contributed by atoms with Gasteiger partial charge in [0.1, 0.15) is 0 Å². The second kappa shape index (κ2) is 5.68. The molecule has 3 heteroatoms. The summed E-state index contributed by atoms with van der Waals surface area (Å²) in [6, 6.07) is 12.0. The van der Waals surface area contributed by atoms with Crippen LogP contribution in [0.1, 0.15) is 31.1 Å². The van der Waals surface area contributed by atoms with Gasteiger partial charge >= 0.3 is 0 Å². The Morgan fingerprint density at radius 2 is 1.95 bits per heavy atom. The third-order valence-corrected chi connectivity index (χ3v) is 3.86. The van der Waals surface area contributed by atoms with E-state index in [-0.39, 0.29) is 0 Å². The zero-order valence-corrected chi connectivity index (χ0v) is 11.0. The summed E-state index contributed by atoms with van der Waals surface area (Å²) in [6.45, 7) is 1.64. The van der Waals surface area contributed by atoms with Crippen molar-refractivity contribution < 1.29 is 9.84 Å². The van der Waals surface area contributed by atoms with Crippen LogP contribution in [0.4, 0.5) is 0 Å². The lowest BCUT2D eigenvalue weighted by Crippen LogP contribution is -2.18. The molecule has 1 saturated heterocycles. The van der Waals surface area contributed by atoms with E-state index in [0.717, 1.165) is 49.1 Å². The molecule has 100 valence electrons. The largest absolute Gasteiger partial charge is 0.387 e. The van der Waals surface area contributed by atoms with Crippen molar-refractivity contribution in [2.45, 2.75) is 25.4 Å². The molecule has 1 unspecified atom stereocenters. The van der Waals surface area contributed by atoms with Crippen molar-refractivity contribution in [3.8, 4) is 0 Å². The van der Waals surface area contributed by atoms with Gasteiger partial charge in [-0.05, 0) is 37.3 Å². The smallest absolute Gasteiger partial charge is 0.0962 e. The minimum Gasteiger partial charge on any atom is -0.387 e. The Balaban J connectivity index is 1.75. The molecule has 0 spiro atoms. The van der Waals surface area contributed by atoms with Crippen LogP contribution in [0.15, 0.2) is 36.4 Å². The number of hydrogen-bond acceptors (Lipinski definition) is 3. The second-order valence-electron chi connectivity index (χ2n) is 5.24. The number of aliphatic hydroxyl groups is 1. The van der Waals surface area contributed by atoms with Gasteiger partial charge in [0.05, 0.1) is 17.3 Å². The number of aromatic nitrogens is 1. The minimum atomic E-state index is -0.465. The van der Waals surface area contributed by atoms with E-state index in [0.29, 0.717) is 5.92 Å². The Hall–Kier alpha value is -1.45. The van der Waals surface area contributed by atoms with E-state index in [2.05, 4.69) is 4.98 Å². The number of rotatable bonds is 3. The summed E-state index contributed by atoms with van der Waals surface area (Å²) < 4.78 is 5.35. The van der Waals surface area contributed by atoms with Gasteiger partial charge < -0.3 is 9.84 Å². The van der Waals surface area contributed by atoms with Gasteiger partial charge in [-0.25, -0.2) is 0 Å². The lowest BCUT2D eigenvalue weighted by molar-refractivity contribution is 0.0427. The van der Waals surface area contributed by atoms with Crippen LogP contribution >= 0.6 is 0 Å². The highest BCUT2D eigenvalue weighted by molar-refractivity contribution is 5.78. The number of para-hydroxylation sites is 1. The molecule has 19 heavy (non-hydrogen) atoms. The van der Waals surface area contributed by atoms with Gasteiger partial charge in [-0.2, -0.15) is 0 Å². The predicted molar refractivity (Wildman–Crippen MR) is 74.9 cm³/mol. The molecule has 0 amide bonds. The average molecular weight is 257 g/mol. The van der Waals surface area contributed by atoms with Crippen molar-refractivity contribution in [2.75, 3.05) is 13.2 Å². The number of aliphatic hydroxyl groups excluding tert-OH is 1. The first kappa shape index (κ1) is 12.6. The zero-order valence-electron chi connectivity index (χ0n) is 11.0. The average Bonchev–Trinajstić information content (AvgIpc) is 2.48. The third kappa shape index (κ3) is 2.94. The molecule has 1 aliphatic rings. The summed E-state index contributed by atoms with van der Waals surface area (Å²) >= 11 is 0. The number of benzene rings is 1. The van der Waals surface area contributed by atoms with Crippen LogP contribution in [0, 0.1) is 5.92 Å². The van der Waals surface area contributed by atoms with Crippen molar-refractivity contribution >= 4 is 10.9 Å². The van der Waals surface area contributed by atoms with Gasteiger partial charge in [0.15, 0.2) is 0 Å². The standard InChI is InChI=1S/C16H19NO2/c18-16(11-12-7-9-19-10-8-12)15-6-5-13-3-1-2-4-14(13)17-15/h1-6,12,16,18H,7-11H2. The molecule has 0 bridgehead atoms. The summed E-state index contributed by atoms with van der Waals surface area (Å²) in [5, 5.41) is 11.4. The Morgan fingerprint density at radius 1 is 1.16 bits per heavy atom. The maximum Gasteiger partial charge on any atom is 0.0962 e. The highest BCUT2D eigenvalue weighted by Crippen LogP contribution is 2.27. The van der Waals surface area contributed by atoms with Gasteiger partial charge in [0.25, 0.3) is 0 Å². The highest BCUT2D eigenvalue weighted by atomic mass is 16.5. The minimum absolute atomic E-state index is 0.465. The Kier molecular flexibility index (Phi) is 3.76. The first-order valence-electron chi connectivity index (χ1n) is 6.94. The molecule has 1 aromatic heterocycles. The van der Waals surface area contributed by atoms with Crippen LogP contribution in [0.25, 0.3) is 10.9 Å². The highest BCUT2D eigenvalue weighted by Gasteiger charge is 2.19.